The Morgan fingerprint density at radius 2 is 1.62 bits per heavy atom. The molecule has 0 aliphatic carbocycles. The van der Waals surface area contributed by atoms with Crippen molar-refractivity contribution in [2.45, 2.75) is 92.5 Å². The first-order valence-electron chi connectivity index (χ1n) is 11.3. The van der Waals surface area contributed by atoms with E-state index < -0.39 is 35.7 Å². The molecule has 0 heterocycles. The van der Waals surface area contributed by atoms with E-state index in [-0.39, 0.29) is 18.3 Å². The van der Waals surface area contributed by atoms with E-state index in [0.717, 1.165) is 12.8 Å². The number of rotatable bonds is 11. The van der Waals surface area contributed by atoms with Gasteiger partial charge in [-0.05, 0) is 70.6 Å². The number of benzene rings is 1. The van der Waals surface area contributed by atoms with Crippen molar-refractivity contribution < 1.29 is 23.8 Å². The summed E-state index contributed by atoms with van der Waals surface area (Å²) in [7, 11) is 0. The molecular weight excluding hydrogens is 451 g/mol. The van der Waals surface area contributed by atoms with E-state index in [0.29, 0.717) is 15.8 Å². The van der Waals surface area contributed by atoms with Gasteiger partial charge in [0.2, 0.25) is 0 Å². The van der Waals surface area contributed by atoms with Crippen LogP contribution in [0.15, 0.2) is 18.2 Å². The van der Waals surface area contributed by atoms with Crippen LogP contribution < -0.4 is 4.74 Å². The molecule has 1 aromatic carbocycles. The van der Waals surface area contributed by atoms with Crippen molar-refractivity contribution >= 4 is 35.1 Å². The van der Waals surface area contributed by atoms with Gasteiger partial charge in [0, 0.05) is 5.02 Å². The highest BCUT2D eigenvalue weighted by molar-refractivity contribution is 6.35. The highest BCUT2D eigenvalue weighted by Gasteiger charge is 2.34. The zero-order valence-electron chi connectivity index (χ0n) is 20.5. The predicted molar refractivity (Wildman–Crippen MR) is 129 cm³/mol. The molecule has 0 N–H and O–H groups in total. The number of esters is 2. The summed E-state index contributed by atoms with van der Waals surface area (Å²) in [6.07, 6.45) is 0.723. The Kier molecular flexibility index (Phi) is 11.3. The molecule has 1 rings (SSSR count). The van der Waals surface area contributed by atoms with Crippen LogP contribution in [0.1, 0.15) is 74.7 Å². The fraction of sp³-hybridized carbons (Fsp3) is 0.680. The first-order valence-corrected chi connectivity index (χ1v) is 12.1. The van der Waals surface area contributed by atoms with Crippen LogP contribution in [0.25, 0.3) is 0 Å². The molecule has 0 amide bonds. The van der Waals surface area contributed by atoms with Crippen LogP contribution in [0.3, 0.4) is 0 Å². The summed E-state index contributed by atoms with van der Waals surface area (Å²) >= 11 is 12.3. The molecule has 1 aromatic rings. The van der Waals surface area contributed by atoms with Crippen molar-refractivity contribution in [2.75, 3.05) is 0 Å². The van der Waals surface area contributed by atoms with Crippen molar-refractivity contribution in [1.82, 2.24) is 0 Å². The molecule has 0 saturated carbocycles. The lowest BCUT2D eigenvalue weighted by atomic mass is 9.91. The summed E-state index contributed by atoms with van der Waals surface area (Å²) in [6.45, 7) is 15.1. The van der Waals surface area contributed by atoms with E-state index in [9.17, 15) is 9.59 Å². The fourth-order valence-electron chi connectivity index (χ4n) is 3.54. The molecule has 32 heavy (non-hydrogen) atoms. The van der Waals surface area contributed by atoms with E-state index >= 15 is 0 Å². The lowest BCUT2D eigenvalue weighted by molar-refractivity contribution is -0.168. The lowest BCUT2D eigenvalue weighted by Gasteiger charge is -2.32. The Bertz CT molecular complexity index is 753. The van der Waals surface area contributed by atoms with Gasteiger partial charge in [-0.2, -0.15) is 0 Å². The molecular formula is C25H38Cl2O5. The van der Waals surface area contributed by atoms with Crippen molar-refractivity contribution in [3.05, 3.63) is 28.2 Å². The lowest BCUT2D eigenvalue weighted by Crippen LogP contribution is -2.41. The number of ether oxygens (including phenoxy) is 3. The average Bonchev–Trinajstić information content (AvgIpc) is 2.66. The van der Waals surface area contributed by atoms with Gasteiger partial charge in [-0.25, -0.2) is 0 Å². The molecule has 5 nitrogen and oxygen atoms in total. The van der Waals surface area contributed by atoms with Crippen LogP contribution in [0, 0.1) is 17.8 Å². The summed E-state index contributed by atoms with van der Waals surface area (Å²) in [4.78, 5) is 25.4. The van der Waals surface area contributed by atoms with Gasteiger partial charge in [-0.15, -0.1) is 0 Å². The standard InChI is InChI=1S/C25H38Cl2O5/c1-9-17(10-2)23(31-21-12-11-18(26)13-20(21)27)16(5)30-24(29)19(15(3)4)14-22(28)32-25(6,7)8/h11-13,15-17,19,23H,9-10,14H2,1-8H3/t16-,19-,23-/m0/s1. The minimum Gasteiger partial charge on any atom is -0.485 e. The molecule has 0 aromatic heterocycles. The molecule has 0 bridgehead atoms. The minimum absolute atomic E-state index is 0.0278. The minimum atomic E-state index is -0.609. The second-order valence-electron chi connectivity index (χ2n) is 9.52. The van der Waals surface area contributed by atoms with E-state index in [4.69, 9.17) is 37.4 Å². The summed E-state index contributed by atoms with van der Waals surface area (Å²) in [5.41, 5.74) is -0.609. The van der Waals surface area contributed by atoms with Crippen LogP contribution in [0.5, 0.6) is 5.75 Å². The third-order valence-electron chi connectivity index (χ3n) is 5.35. The van der Waals surface area contributed by atoms with Gasteiger partial charge >= 0.3 is 11.9 Å². The van der Waals surface area contributed by atoms with E-state index in [1.54, 1.807) is 39.0 Å². The molecule has 7 heteroatoms. The van der Waals surface area contributed by atoms with Crippen LogP contribution in [0.2, 0.25) is 10.0 Å². The Balaban J connectivity index is 3.01. The predicted octanol–water partition coefficient (Wildman–Crippen LogP) is 7.11. The summed E-state index contributed by atoms with van der Waals surface area (Å²) in [6, 6.07) is 5.04. The summed E-state index contributed by atoms with van der Waals surface area (Å²) < 4.78 is 17.5. The maximum atomic E-state index is 13.0. The molecule has 0 unspecified atom stereocenters. The topological polar surface area (TPSA) is 61.8 Å². The van der Waals surface area contributed by atoms with Crippen molar-refractivity contribution in [2.24, 2.45) is 17.8 Å². The summed E-state index contributed by atoms with van der Waals surface area (Å²) in [5.74, 6) is -0.895. The normalized spacial score (nSPS) is 14.8. The molecule has 0 fully saturated rings. The van der Waals surface area contributed by atoms with E-state index in [1.807, 2.05) is 20.8 Å². The van der Waals surface area contributed by atoms with Gasteiger partial charge in [-0.1, -0.05) is 50.9 Å². The number of hydrogen-bond acceptors (Lipinski definition) is 5. The average molecular weight is 489 g/mol. The van der Waals surface area contributed by atoms with Gasteiger partial charge < -0.3 is 14.2 Å². The molecule has 0 aliphatic heterocycles. The number of halogens is 2. The Hall–Kier alpha value is -1.46. The molecule has 0 spiro atoms. The maximum absolute atomic E-state index is 13.0. The van der Waals surface area contributed by atoms with Crippen molar-refractivity contribution in [3.63, 3.8) is 0 Å². The zero-order valence-corrected chi connectivity index (χ0v) is 22.0. The van der Waals surface area contributed by atoms with Gasteiger partial charge in [0.05, 0.1) is 17.4 Å². The van der Waals surface area contributed by atoms with Crippen LogP contribution in [-0.4, -0.2) is 29.7 Å². The Morgan fingerprint density at radius 1 is 1.03 bits per heavy atom. The monoisotopic (exact) mass is 488 g/mol. The van der Waals surface area contributed by atoms with Gasteiger partial charge in [0.25, 0.3) is 0 Å². The molecule has 0 aliphatic rings. The quantitative estimate of drug-likeness (QED) is 0.310. The highest BCUT2D eigenvalue weighted by atomic mass is 35.5. The zero-order chi connectivity index (χ0) is 24.6. The first-order chi connectivity index (χ1) is 14.8. The van der Waals surface area contributed by atoms with Gasteiger partial charge in [-0.3, -0.25) is 9.59 Å². The van der Waals surface area contributed by atoms with Gasteiger partial charge in [0.15, 0.2) is 0 Å². The number of carbonyl (C=O) groups excluding carboxylic acids is 2. The van der Waals surface area contributed by atoms with E-state index in [2.05, 4.69) is 13.8 Å². The molecule has 182 valence electrons. The first kappa shape index (κ1) is 28.6. The largest absolute Gasteiger partial charge is 0.485 e. The third-order valence-corrected chi connectivity index (χ3v) is 5.88. The summed E-state index contributed by atoms with van der Waals surface area (Å²) in [5, 5.41) is 0.916. The highest BCUT2D eigenvalue weighted by Crippen LogP contribution is 2.32. The molecule has 3 atom stereocenters. The van der Waals surface area contributed by atoms with Crippen LogP contribution >= 0.6 is 23.2 Å². The second-order valence-corrected chi connectivity index (χ2v) is 10.4. The smallest absolute Gasteiger partial charge is 0.310 e. The Labute approximate surface area is 203 Å². The van der Waals surface area contributed by atoms with Crippen LogP contribution in [-0.2, 0) is 19.1 Å². The van der Waals surface area contributed by atoms with Crippen molar-refractivity contribution in [1.29, 1.82) is 0 Å². The maximum Gasteiger partial charge on any atom is 0.310 e. The SMILES string of the molecule is CCC(CC)[C@@H](Oc1ccc(Cl)cc1Cl)[C@H](C)OC(=O)[C@@H](CC(=O)OC(C)(C)C)C(C)C. The van der Waals surface area contributed by atoms with E-state index in [1.165, 1.54) is 0 Å². The number of hydrogen-bond donors (Lipinski definition) is 0. The molecule has 0 radical (unpaired) electrons. The molecule has 0 saturated heterocycles. The van der Waals surface area contributed by atoms with Crippen molar-refractivity contribution in [3.8, 4) is 5.75 Å². The second kappa shape index (κ2) is 12.7. The fourth-order valence-corrected chi connectivity index (χ4v) is 3.99. The van der Waals surface area contributed by atoms with Crippen LogP contribution in [0.4, 0.5) is 0 Å². The Morgan fingerprint density at radius 3 is 2.09 bits per heavy atom. The number of carbonyl (C=O) groups is 2. The van der Waals surface area contributed by atoms with Gasteiger partial charge in [0.1, 0.15) is 23.6 Å². The third kappa shape index (κ3) is 9.19.